The van der Waals surface area contributed by atoms with E-state index in [9.17, 15) is 38.4 Å². The maximum atomic E-state index is 12.1. The van der Waals surface area contributed by atoms with E-state index in [0.29, 0.717) is 11.8 Å². The highest BCUT2D eigenvalue weighted by atomic mass is 32.2. The largest absolute Gasteiger partial charge is 0.393 e. The Bertz CT molecular complexity index is 665. The topological polar surface area (TPSA) is 173 Å². The highest BCUT2D eigenvalue weighted by molar-refractivity contribution is 8.01. The summed E-state index contributed by atoms with van der Waals surface area (Å²) in [6, 6.07) is 0. The van der Waals surface area contributed by atoms with Crippen molar-refractivity contribution in [2.75, 3.05) is 0 Å². The molecule has 0 aromatic carbocycles. The van der Waals surface area contributed by atoms with Gasteiger partial charge in [-0.1, -0.05) is 0 Å². The Morgan fingerprint density at radius 1 is 0.552 bits per heavy atom. The summed E-state index contributed by atoms with van der Waals surface area (Å²) in [4.78, 5) is 91.3. The molecule has 0 fully saturated rings. The molecule has 160 valence electrons. The molecule has 0 saturated carbocycles. The summed E-state index contributed by atoms with van der Waals surface area (Å²) in [6.45, 7) is 3.66. The van der Waals surface area contributed by atoms with Crippen LogP contribution in [0.3, 0.4) is 0 Å². The van der Waals surface area contributed by atoms with E-state index < -0.39 is 71.1 Å². The zero-order valence-electron chi connectivity index (χ0n) is 15.9. The smallest absolute Gasteiger partial charge is 0.327 e. The monoisotopic (exact) mass is 434 g/mol. The number of carbonyl (C=O) groups excluding carboxylic acids is 8. The maximum absolute atomic E-state index is 12.1. The lowest BCUT2D eigenvalue weighted by Crippen LogP contribution is -2.33. The van der Waals surface area contributed by atoms with Crippen LogP contribution in [0.4, 0.5) is 0 Å². The third-order valence-corrected chi connectivity index (χ3v) is 3.94. The molecule has 0 heterocycles. The lowest BCUT2D eigenvalue weighted by atomic mass is 10.3. The fraction of sp³-hybridized carbons (Fsp3) is 0.500. The van der Waals surface area contributed by atoms with E-state index in [1.807, 2.05) is 0 Å². The second-order valence-electron chi connectivity index (χ2n) is 5.28. The van der Waals surface area contributed by atoms with Gasteiger partial charge in [0.1, 0.15) is 10.5 Å². The predicted molar refractivity (Wildman–Crippen MR) is 91.5 cm³/mol. The Labute approximate surface area is 168 Å². The van der Waals surface area contributed by atoms with E-state index in [-0.39, 0.29) is 0 Å². The first kappa shape index (κ1) is 25.9. The standard InChI is InChI=1S/C16H18O12S/c1-7(17)25-13(21)5-11(15(23)27-9(3)19)29-12(16(24)28-10(4)20)6-14(22)26-8(2)18/h11-12H,5-6H2,1-4H3. The van der Waals surface area contributed by atoms with Gasteiger partial charge in [0.15, 0.2) is 0 Å². The predicted octanol–water partition coefficient (Wildman–Crippen LogP) is -0.404. The van der Waals surface area contributed by atoms with Crippen LogP contribution in [0.1, 0.15) is 40.5 Å². The number of hydrogen-bond acceptors (Lipinski definition) is 13. The molecule has 2 atom stereocenters. The lowest BCUT2D eigenvalue weighted by Gasteiger charge is -2.19. The maximum Gasteiger partial charge on any atom is 0.327 e. The Hall–Kier alpha value is -3.09. The summed E-state index contributed by atoms with van der Waals surface area (Å²) in [6.07, 6.45) is -1.63. The van der Waals surface area contributed by atoms with Crippen molar-refractivity contribution in [2.24, 2.45) is 0 Å². The van der Waals surface area contributed by atoms with Crippen molar-refractivity contribution in [3.63, 3.8) is 0 Å². The lowest BCUT2D eigenvalue weighted by molar-refractivity contribution is -0.163. The van der Waals surface area contributed by atoms with Crippen LogP contribution in [-0.2, 0) is 57.3 Å². The number of thioether (sulfide) groups is 1. The summed E-state index contributed by atoms with van der Waals surface area (Å²) in [5, 5.41) is -3.19. The molecule has 0 saturated heterocycles. The van der Waals surface area contributed by atoms with Gasteiger partial charge in [-0.2, -0.15) is 0 Å². The minimum atomic E-state index is -1.60. The molecule has 0 amide bonds. The van der Waals surface area contributed by atoms with Crippen molar-refractivity contribution in [2.45, 2.75) is 51.0 Å². The van der Waals surface area contributed by atoms with Gasteiger partial charge in [0, 0.05) is 27.7 Å². The highest BCUT2D eigenvalue weighted by Crippen LogP contribution is 2.27. The van der Waals surface area contributed by atoms with Crippen molar-refractivity contribution in [1.29, 1.82) is 0 Å². The van der Waals surface area contributed by atoms with Gasteiger partial charge in [0.05, 0.1) is 12.8 Å². The van der Waals surface area contributed by atoms with Gasteiger partial charge >= 0.3 is 47.8 Å². The van der Waals surface area contributed by atoms with Gasteiger partial charge in [-0.05, 0) is 0 Å². The van der Waals surface area contributed by atoms with Crippen LogP contribution in [0.15, 0.2) is 0 Å². The summed E-state index contributed by atoms with van der Waals surface area (Å²) >= 11 is 0.323. The molecule has 0 radical (unpaired) electrons. The molecular formula is C16H18O12S. The third-order valence-electron chi connectivity index (χ3n) is 2.56. The van der Waals surface area contributed by atoms with Crippen molar-refractivity contribution < 1.29 is 57.3 Å². The zero-order chi connectivity index (χ0) is 22.7. The van der Waals surface area contributed by atoms with Gasteiger partial charge < -0.3 is 18.9 Å². The Morgan fingerprint density at radius 2 is 0.828 bits per heavy atom. The molecule has 0 bridgehead atoms. The molecule has 0 aromatic rings. The van der Waals surface area contributed by atoms with E-state index in [0.717, 1.165) is 27.7 Å². The van der Waals surface area contributed by atoms with Crippen LogP contribution in [-0.4, -0.2) is 58.3 Å². The molecule has 0 spiro atoms. The van der Waals surface area contributed by atoms with Crippen molar-refractivity contribution >= 4 is 59.5 Å². The molecule has 2 unspecified atom stereocenters. The molecule has 29 heavy (non-hydrogen) atoms. The van der Waals surface area contributed by atoms with Crippen molar-refractivity contribution in [1.82, 2.24) is 0 Å². The van der Waals surface area contributed by atoms with Gasteiger partial charge in [-0.15, -0.1) is 11.8 Å². The summed E-state index contributed by atoms with van der Waals surface area (Å²) in [5.74, 6) is -8.92. The average Bonchev–Trinajstić information content (AvgIpc) is 2.50. The second kappa shape index (κ2) is 12.4. The number of rotatable bonds is 8. The fourth-order valence-electron chi connectivity index (χ4n) is 1.69. The van der Waals surface area contributed by atoms with Crippen LogP contribution in [0.25, 0.3) is 0 Å². The summed E-state index contributed by atoms with van der Waals surface area (Å²) in [7, 11) is 0. The number of esters is 8. The molecule has 0 aromatic heterocycles. The number of carbonyl (C=O) groups is 8. The molecule has 13 heteroatoms. The molecule has 0 N–H and O–H groups in total. The highest BCUT2D eigenvalue weighted by Gasteiger charge is 2.35. The van der Waals surface area contributed by atoms with E-state index in [4.69, 9.17) is 0 Å². The van der Waals surface area contributed by atoms with E-state index in [1.54, 1.807) is 0 Å². The van der Waals surface area contributed by atoms with Crippen LogP contribution < -0.4 is 0 Å². The quantitative estimate of drug-likeness (QED) is 0.274. The number of ether oxygens (including phenoxy) is 4. The van der Waals surface area contributed by atoms with Crippen LogP contribution >= 0.6 is 11.8 Å². The van der Waals surface area contributed by atoms with Gasteiger partial charge in [0.2, 0.25) is 0 Å². The molecule has 0 aliphatic heterocycles. The van der Waals surface area contributed by atoms with Crippen LogP contribution in [0.2, 0.25) is 0 Å². The molecule has 12 nitrogen and oxygen atoms in total. The van der Waals surface area contributed by atoms with E-state index in [2.05, 4.69) is 18.9 Å². The zero-order valence-corrected chi connectivity index (χ0v) is 16.7. The first-order valence-electron chi connectivity index (χ1n) is 7.84. The fourth-order valence-corrected chi connectivity index (χ4v) is 2.87. The molecule has 0 aliphatic carbocycles. The first-order valence-corrected chi connectivity index (χ1v) is 8.78. The van der Waals surface area contributed by atoms with Crippen LogP contribution in [0.5, 0.6) is 0 Å². The summed E-state index contributed by atoms with van der Waals surface area (Å²) < 4.78 is 17.3. The van der Waals surface area contributed by atoms with Crippen LogP contribution in [0, 0.1) is 0 Å². The van der Waals surface area contributed by atoms with Gasteiger partial charge in [-0.25, -0.2) is 0 Å². The summed E-state index contributed by atoms with van der Waals surface area (Å²) in [5.41, 5.74) is 0. The second-order valence-corrected chi connectivity index (χ2v) is 6.69. The normalized spacial score (nSPS) is 12.0. The average molecular weight is 434 g/mol. The minimum absolute atomic E-state index is 0.323. The number of hydrogen-bond donors (Lipinski definition) is 0. The van der Waals surface area contributed by atoms with E-state index >= 15 is 0 Å². The third kappa shape index (κ3) is 12.1. The SMILES string of the molecule is CC(=O)OC(=O)CC(SC(CC(=O)OC(C)=O)C(=O)OC(C)=O)C(=O)OC(C)=O. The molecule has 0 rings (SSSR count). The van der Waals surface area contributed by atoms with E-state index in [1.165, 1.54) is 0 Å². The molecule has 0 aliphatic rings. The van der Waals surface area contributed by atoms with Crippen molar-refractivity contribution in [3.8, 4) is 0 Å². The van der Waals surface area contributed by atoms with Gasteiger partial charge in [-0.3, -0.25) is 38.4 Å². The van der Waals surface area contributed by atoms with Gasteiger partial charge in [0.25, 0.3) is 0 Å². The first-order chi connectivity index (χ1) is 13.3. The Balaban J connectivity index is 5.60. The minimum Gasteiger partial charge on any atom is -0.393 e. The molecular weight excluding hydrogens is 416 g/mol. The Morgan fingerprint density at radius 3 is 1.07 bits per heavy atom. The van der Waals surface area contributed by atoms with Crippen molar-refractivity contribution in [3.05, 3.63) is 0 Å². The Kier molecular flexibility index (Phi) is 11.1.